The van der Waals surface area contributed by atoms with Gasteiger partial charge < -0.3 is 0 Å². The molecule has 0 saturated carbocycles. The number of rotatable bonds is 3. The van der Waals surface area contributed by atoms with E-state index in [1.807, 2.05) is 13.8 Å². The van der Waals surface area contributed by atoms with Gasteiger partial charge in [0.25, 0.3) is 5.91 Å². The number of aryl methyl sites for hydroxylation is 1. The molecule has 0 saturated heterocycles. The van der Waals surface area contributed by atoms with Crippen molar-refractivity contribution in [3.05, 3.63) is 63.4 Å². The van der Waals surface area contributed by atoms with Crippen LogP contribution in [0.1, 0.15) is 27.3 Å². The number of allylic oxidation sites excluding steroid dienone is 1. The van der Waals surface area contributed by atoms with E-state index in [2.05, 4.69) is 11.7 Å². The van der Waals surface area contributed by atoms with Crippen LogP contribution in [0.25, 0.3) is 0 Å². The third-order valence-corrected chi connectivity index (χ3v) is 3.69. The van der Waals surface area contributed by atoms with E-state index in [9.17, 15) is 4.79 Å². The highest BCUT2D eigenvalue weighted by Gasteiger charge is 2.19. The Morgan fingerprint density at radius 1 is 1.40 bits per heavy atom. The minimum atomic E-state index is -0.262. The molecule has 104 valence electrons. The third kappa shape index (κ3) is 2.65. The minimum absolute atomic E-state index is 0.262. The fourth-order valence-corrected chi connectivity index (χ4v) is 2.58. The Labute approximate surface area is 127 Å². The van der Waals surface area contributed by atoms with Gasteiger partial charge in [0.1, 0.15) is 0 Å². The summed E-state index contributed by atoms with van der Waals surface area (Å²) in [6.45, 7) is 7.45. The van der Waals surface area contributed by atoms with E-state index >= 15 is 0 Å². The molecule has 0 spiro atoms. The zero-order chi connectivity index (χ0) is 14.9. The van der Waals surface area contributed by atoms with Crippen molar-refractivity contribution in [2.45, 2.75) is 20.3 Å². The summed E-state index contributed by atoms with van der Waals surface area (Å²) in [5, 5.41) is 5.11. The number of carbonyl (C=O) groups is 1. The van der Waals surface area contributed by atoms with Crippen molar-refractivity contribution in [1.29, 1.82) is 0 Å². The van der Waals surface area contributed by atoms with Crippen molar-refractivity contribution in [2.24, 2.45) is 0 Å². The van der Waals surface area contributed by atoms with Crippen LogP contribution in [-0.2, 0) is 6.42 Å². The Morgan fingerprint density at radius 2 is 2.10 bits per heavy atom. The molecule has 20 heavy (non-hydrogen) atoms. The number of hydrogen-bond donors (Lipinski definition) is 0. The zero-order valence-electron chi connectivity index (χ0n) is 11.3. The lowest BCUT2D eigenvalue weighted by Crippen LogP contribution is -2.16. The van der Waals surface area contributed by atoms with Gasteiger partial charge in [-0.3, -0.25) is 4.79 Å². The van der Waals surface area contributed by atoms with Gasteiger partial charge in [0.2, 0.25) is 0 Å². The van der Waals surface area contributed by atoms with E-state index < -0.39 is 0 Å². The predicted octanol–water partition coefficient (Wildman–Crippen LogP) is 4.22. The smallest absolute Gasteiger partial charge is 0.267 e. The molecule has 0 aliphatic rings. The molecule has 0 fully saturated rings. The van der Waals surface area contributed by atoms with Crippen LogP contribution >= 0.6 is 23.2 Å². The van der Waals surface area contributed by atoms with E-state index in [4.69, 9.17) is 23.2 Å². The summed E-state index contributed by atoms with van der Waals surface area (Å²) in [5.41, 5.74) is 3.02. The fourth-order valence-electron chi connectivity index (χ4n) is 2.09. The molecule has 0 bridgehead atoms. The number of carbonyl (C=O) groups excluding carboxylic acids is 1. The van der Waals surface area contributed by atoms with Crippen LogP contribution in [0.4, 0.5) is 0 Å². The Balaban J connectivity index is 2.48. The largest absolute Gasteiger partial charge is 0.279 e. The van der Waals surface area contributed by atoms with Gasteiger partial charge in [0, 0.05) is 16.3 Å². The first-order chi connectivity index (χ1) is 9.45. The number of hydrogen-bond acceptors (Lipinski definition) is 2. The summed E-state index contributed by atoms with van der Waals surface area (Å²) in [7, 11) is 0. The third-order valence-electron chi connectivity index (χ3n) is 3.14. The molecule has 1 aromatic carbocycles. The van der Waals surface area contributed by atoms with E-state index in [1.54, 1.807) is 24.3 Å². The Kier molecular flexibility index (Phi) is 4.31. The number of aromatic nitrogens is 2. The quantitative estimate of drug-likeness (QED) is 0.796. The van der Waals surface area contributed by atoms with Gasteiger partial charge in [-0.15, -0.1) is 6.58 Å². The highest BCUT2D eigenvalue weighted by Crippen LogP contribution is 2.23. The minimum Gasteiger partial charge on any atom is -0.267 e. The first-order valence-corrected chi connectivity index (χ1v) is 6.87. The SMILES string of the molecule is C=CCc1c(C)nn(C(=O)c2ccc(Cl)cc2Cl)c1C. The number of benzene rings is 1. The zero-order valence-corrected chi connectivity index (χ0v) is 12.8. The molecule has 0 aliphatic carbocycles. The summed E-state index contributed by atoms with van der Waals surface area (Å²) in [6, 6.07) is 4.79. The lowest BCUT2D eigenvalue weighted by molar-refractivity contribution is 0.0942. The Hall–Kier alpha value is -1.58. The van der Waals surface area contributed by atoms with Crippen LogP contribution in [0.15, 0.2) is 30.9 Å². The van der Waals surface area contributed by atoms with Gasteiger partial charge in [0.05, 0.1) is 16.3 Å². The van der Waals surface area contributed by atoms with E-state index in [0.29, 0.717) is 22.0 Å². The highest BCUT2D eigenvalue weighted by molar-refractivity contribution is 6.36. The summed E-state index contributed by atoms with van der Waals surface area (Å²) >= 11 is 11.9. The maximum absolute atomic E-state index is 12.5. The predicted molar refractivity (Wildman–Crippen MR) is 81.8 cm³/mol. The molecule has 0 aliphatic heterocycles. The molecule has 0 atom stereocenters. The van der Waals surface area contributed by atoms with Crippen LogP contribution in [0.2, 0.25) is 10.0 Å². The maximum Gasteiger partial charge on any atom is 0.279 e. The summed E-state index contributed by atoms with van der Waals surface area (Å²) < 4.78 is 1.38. The van der Waals surface area contributed by atoms with Crippen LogP contribution in [-0.4, -0.2) is 15.7 Å². The van der Waals surface area contributed by atoms with E-state index in [0.717, 1.165) is 17.0 Å². The van der Waals surface area contributed by atoms with E-state index in [1.165, 1.54) is 4.68 Å². The lowest BCUT2D eigenvalue weighted by Gasteiger charge is -2.06. The molecule has 0 N–H and O–H groups in total. The first-order valence-electron chi connectivity index (χ1n) is 6.11. The second-order valence-corrected chi connectivity index (χ2v) is 5.33. The normalized spacial score (nSPS) is 10.6. The van der Waals surface area contributed by atoms with Crippen LogP contribution in [0, 0.1) is 13.8 Å². The summed E-state index contributed by atoms with van der Waals surface area (Å²) in [6.07, 6.45) is 2.47. The van der Waals surface area contributed by atoms with Crippen LogP contribution < -0.4 is 0 Å². The number of halogens is 2. The van der Waals surface area contributed by atoms with Crippen LogP contribution in [0.5, 0.6) is 0 Å². The van der Waals surface area contributed by atoms with Gasteiger partial charge in [-0.25, -0.2) is 4.68 Å². The molecular weight excluding hydrogens is 295 g/mol. The van der Waals surface area contributed by atoms with Gasteiger partial charge in [-0.05, 0) is 38.5 Å². The molecule has 0 radical (unpaired) electrons. The lowest BCUT2D eigenvalue weighted by atomic mass is 10.1. The highest BCUT2D eigenvalue weighted by atomic mass is 35.5. The van der Waals surface area contributed by atoms with Crippen molar-refractivity contribution in [3.63, 3.8) is 0 Å². The molecule has 1 aromatic heterocycles. The maximum atomic E-state index is 12.5. The average molecular weight is 309 g/mol. The van der Waals surface area contributed by atoms with Crippen molar-refractivity contribution in [2.75, 3.05) is 0 Å². The standard InChI is InChI=1S/C15H14Cl2N2O/c1-4-5-12-9(2)18-19(10(12)3)15(20)13-7-6-11(16)8-14(13)17/h4,6-8H,1,5H2,2-3H3. The van der Waals surface area contributed by atoms with Gasteiger partial charge in [0.15, 0.2) is 0 Å². The molecule has 2 rings (SSSR count). The van der Waals surface area contributed by atoms with Crippen molar-refractivity contribution in [3.8, 4) is 0 Å². The average Bonchev–Trinajstić information content (AvgIpc) is 2.66. The van der Waals surface area contributed by atoms with Gasteiger partial charge >= 0.3 is 0 Å². The second kappa shape index (κ2) is 5.81. The summed E-state index contributed by atoms with van der Waals surface area (Å²) in [4.78, 5) is 12.5. The van der Waals surface area contributed by atoms with Crippen LogP contribution in [0.3, 0.4) is 0 Å². The molecule has 0 unspecified atom stereocenters. The molecular formula is C15H14Cl2N2O. The number of nitrogens with zero attached hydrogens (tertiary/aromatic N) is 2. The Bertz CT molecular complexity index is 689. The van der Waals surface area contributed by atoms with Crippen molar-refractivity contribution < 1.29 is 4.79 Å². The summed E-state index contributed by atoms with van der Waals surface area (Å²) in [5.74, 6) is -0.262. The van der Waals surface area contributed by atoms with Gasteiger partial charge in [-0.2, -0.15) is 5.10 Å². The molecule has 2 aromatic rings. The monoisotopic (exact) mass is 308 g/mol. The molecule has 5 heteroatoms. The first kappa shape index (κ1) is 14.8. The van der Waals surface area contributed by atoms with Crippen molar-refractivity contribution in [1.82, 2.24) is 9.78 Å². The topological polar surface area (TPSA) is 34.9 Å². The molecule has 3 nitrogen and oxygen atoms in total. The van der Waals surface area contributed by atoms with Gasteiger partial charge in [-0.1, -0.05) is 29.3 Å². The Morgan fingerprint density at radius 3 is 2.70 bits per heavy atom. The second-order valence-electron chi connectivity index (χ2n) is 4.48. The van der Waals surface area contributed by atoms with E-state index in [-0.39, 0.29) is 5.91 Å². The fraction of sp³-hybridized carbons (Fsp3) is 0.200. The van der Waals surface area contributed by atoms with Crippen molar-refractivity contribution >= 4 is 29.1 Å². The molecule has 1 heterocycles. The molecule has 0 amide bonds.